The molecule has 2 heterocycles. The molecule has 2 N–H and O–H groups in total. The van der Waals surface area contributed by atoms with Gasteiger partial charge in [0.25, 0.3) is 0 Å². The Bertz CT molecular complexity index is 1390. The summed E-state index contributed by atoms with van der Waals surface area (Å²) in [5.41, 5.74) is 2.20. The summed E-state index contributed by atoms with van der Waals surface area (Å²) in [4.78, 5) is 14.8. The Morgan fingerprint density at radius 2 is 1.66 bits per heavy atom. The van der Waals surface area contributed by atoms with Crippen LogP contribution < -0.4 is 19.5 Å². The van der Waals surface area contributed by atoms with Gasteiger partial charge in [-0.2, -0.15) is 0 Å². The molecule has 0 aliphatic carbocycles. The number of aliphatic hydroxyl groups excluding tert-OH is 1. The minimum absolute atomic E-state index is 0.0534. The summed E-state index contributed by atoms with van der Waals surface area (Å²) in [5, 5.41) is 14.7. The van der Waals surface area contributed by atoms with E-state index in [0.29, 0.717) is 16.9 Å². The second-order valence-corrected chi connectivity index (χ2v) is 10.7. The molecule has 3 aromatic carbocycles. The van der Waals surface area contributed by atoms with E-state index in [2.05, 4.69) is 5.32 Å². The fraction of sp³-hybridized carbons (Fsp3) is 0.323. The summed E-state index contributed by atoms with van der Waals surface area (Å²) >= 11 is 1.57. The van der Waals surface area contributed by atoms with E-state index in [1.807, 2.05) is 54.6 Å². The summed E-state index contributed by atoms with van der Waals surface area (Å²) in [6.07, 6.45) is 1.19. The molecule has 0 saturated carbocycles. The van der Waals surface area contributed by atoms with Crippen molar-refractivity contribution >= 4 is 27.2 Å². The number of carbonyl (C=O) groups excluding carboxylic acids is 1. The molecule has 198 valence electrons. The molecule has 0 radical (unpaired) electrons. The van der Waals surface area contributed by atoms with Crippen LogP contribution in [0.5, 0.6) is 17.2 Å². The summed E-state index contributed by atoms with van der Waals surface area (Å²) in [6, 6.07) is 20.8. The van der Waals surface area contributed by atoms with E-state index in [9.17, 15) is 9.90 Å². The lowest BCUT2D eigenvalue weighted by atomic mass is 9.91. The molecular weight excluding hydrogens is 498 g/mol. The van der Waals surface area contributed by atoms with E-state index in [1.54, 1.807) is 44.6 Å². The van der Waals surface area contributed by atoms with Crippen LogP contribution in [0.4, 0.5) is 0 Å². The van der Waals surface area contributed by atoms with Crippen LogP contribution in [0.25, 0.3) is 20.5 Å². The summed E-state index contributed by atoms with van der Waals surface area (Å²) in [7, 11) is 3.28. The van der Waals surface area contributed by atoms with Crippen LogP contribution in [0.3, 0.4) is 0 Å². The first-order valence-electron chi connectivity index (χ1n) is 12.9. The number of aliphatic hydroxyl groups is 1. The van der Waals surface area contributed by atoms with Crippen molar-refractivity contribution < 1.29 is 24.1 Å². The van der Waals surface area contributed by atoms with Crippen molar-refractivity contribution in [1.29, 1.82) is 0 Å². The largest absolute Gasteiger partial charge is 0.497 e. The maximum Gasteiger partial charge on any atom is 0.195 e. The van der Waals surface area contributed by atoms with Gasteiger partial charge in [-0.05, 0) is 98.6 Å². The SMILES string of the molecule is COc1ccc(-c2sc3cc(OC)ccc3c2C(=O)c2ccc(OC(C(C)O)C3CCCNC3)cc2)cc1. The van der Waals surface area contributed by atoms with Gasteiger partial charge in [0.1, 0.15) is 23.4 Å². The predicted octanol–water partition coefficient (Wildman–Crippen LogP) is 5.94. The lowest BCUT2D eigenvalue weighted by Gasteiger charge is -2.32. The van der Waals surface area contributed by atoms with Gasteiger partial charge in [0.2, 0.25) is 0 Å². The number of thiophene rings is 1. The van der Waals surface area contributed by atoms with E-state index < -0.39 is 6.10 Å². The van der Waals surface area contributed by atoms with Gasteiger partial charge in [0.05, 0.1) is 20.3 Å². The Labute approximate surface area is 227 Å². The monoisotopic (exact) mass is 531 g/mol. The zero-order chi connectivity index (χ0) is 26.6. The Hall–Kier alpha value is -3.39. The third-order valence-electron chi connectivity index (χ3n) is 7.14. The van der Waals surface area contributed by atoms with Gasteiger partial charge in [-0.15, -0.1) is 11.3 Å². The van der Waals surface area contributed by atoms with E-state index in [1.165, 1.54) is 0 Å². The summed E-state index contributed by atoms with van der Waals surface area (Å²) in [6.45, 7) is 3.60. The first kappa shape index (κ1) is 26.2. The number of ether oxygens (including phenoxy) is 3. The minimum Gasteiger partial charge on any atom is -0.497 e. The quantitative estimate of drug-likeness (QED) is 0.260. The van der Waals surface area contributed by atoms with Gasteiger partial charge in [-0.3, -0.25) is 4.79 Å². The molecule has 38 heavy (non-hydrogen) atoms. The summed E-state index contributed by atoms with van der Waals surface area (Å²) in [5.74, 6) is 2.35. The van der Waals surface area contributed by atoms with Crippen molar-refractivity contribution in [1.82, 2.24) is 5.32 Å². The molecule has 1 fully saturated rings. The molecule has 3 unspecified atom stereocenters. The van der Waals surface area contributed by atoms with Crippen molar-refractivity contribution in [2.75, 3.05) is 27.3 Å². The van der Waals surface area contributed by atoms with Gasteiger partial charge in [-0.1, -0.05) is 0 Å². The Morgan fingerprint density at radius 3 is 2.29 bits per heavy atom. The molecule has 5 rings (SSSR count). The third-order valence-corrected chi connectivity index (χ3v) is 8.34. The van der Waals surface area contributed by atoms with Crippen LogP contribution in [0.2, 0.25) is 0 Å². The first-order valence-corrected chi connectivity index (χ1v) is 13.8. The maximum atomic E-state index is 13.9. The average molecular weight is 532 g/mol. The van der Waals surface area contributed by atoms with Crippen LogP contribution in [0, 0.1) is 5.92 Å². The van der Waals surface area contributed by atoms with Crippen LogP contribution >= 0.6 is 11.3 Å². The van der Waals surface area contributed by atoms with Crippen LogP contribution in [0.15, 0.2) is 66.7 Å². The van der Waals surface area contributed by atoms with Crippen LogP contribution in [-0.2, 0) is 0 Å². The lowest BCUT2D eigenvalue weighted by molar-refractivity contribution is 0.00372. The van der Waals surface area contributed by atoms with Crippen molar-refractivity contribution in [3.8, 4) is 27.7 Å². The number of nitrogens with one attached hydrogen (secondary N) is 1. The van der Waals surface area contributed by atoms with Crippen molar-refractivity contribution in [2.45, 2.75) is 32.0 Å². The number of hydrogen-bond donors (Lipinski definition) is 2. The first-order chi connectivity index (χ1) is 18.5. The number of carbonyl (C=O) groups is 1. The van der Waals surface area contributed by atoms with Crippen LogP contribution in [0.1, 0.15) is 35.7 Å². The van der Waals surface area contributed by atoms with Gasteiger partial charge in [0, 0.05) is 38.6 Å². The highest BCUT2D eigenvalue weighted by Crippen LogP contribution is 2.41. The Balaban J connectivity index is 1.47. The van der Waals surface area contributed by atoms with E-state index in [4.69, 9.17) is 14.2 Å². The van der Waals surface area contributed by atoms with Crippen LogP contribution in [-0.4, -0.2) is 50.4 Å². The smallest absolute Gasteiger partial charge is 0.195 e. The normalized spacial score (nSPS) is 17.1. The van der Waals surface area contributed by atoms with Gasteiger partial charge in [-0.25, -0.2) is 0 Å². The number of benzene rings is 3. The molecule has 6 nitrogen and oxygen atoms in total. The van der Waals surface area contributed by atoms with E-state index in [-0.39, 0.29) is 17.8 Å². The molecule has 1 aromatic heterocycles. The lowest BCUT2D eigenvalue weighted by Crippen LogP contribution is -2.44. The van der Waals surface area contributed by atoms with E-state index in [0.717, 1.165) is 58.0 Å². The summed E-state index contributed by atoms with van der Waals surface area (Å²) < 4.78 is 18.0. The molecule has 4 aromatic rings. The molecule has 7 heteroatoms. The van der Waals surface area contributed by atoms with E-state index >= 15 is 0 Å². The maximum absolute atomic E-state index is 13.9. The number of fused-ring (bicyclic) bond motifs is 1. The molecule has 1 aliphatic heterocycles. The number of rotatable bonds is 9. The standard InChI is InChI=1S/C31H33NO5S/c1-19(33)30(22-5-4-16-32-18-22)37-24-12-6-20(7-13-24)29(34)28-26-15-14-25(36-3)17-27(26)38-31(28)21-8-10-23(35-2)11-9-21/h6-15,17,19,22,30,32-33H,4-5,16,18H2,1-3H3. The van der Waals surface area contributed by atoms with Crippen molar-refractivity contribution in [3.05, 3.63) is 77.9 Å². The van der Waals surface area contributed by atoms with Crippen molar-refractivity contribution in [3.63, 3.8) is 0 Å². The zero-order valence-corrected chi connectivity index (χ0v) is 22.7. The van der Waals surface area contributed by atoms with Crippen molar-refractivity contribution in [2.24, 2.45) is 5.92 Å². The molecule has 1 aliphatic rings. The zero-order valence-electron chi connectivity index (χ0n) is 21.9. The topological polar surface area (TPSA) is 77.0 Å². The minimum atomic E-state index is -0.595. The second kappa shape index (κ2) is 11.6. The number of methoxy groups -OCH3 is 2. The molecule has 1 saturated heterocycles. The second-order valence-electron chi connectivity index (χ2n) is 9.68. The van der Waals surface area contributed by atoms with Gasteiger partial charge < -0.3 is 24.6 Å². The fourth-order valence-electron chi connectivity index (χ4n) is 5.11. The Morgan fingerprint density at radius 1 is 0.974 bits per heavy atom. The predicted molar refractivity (Wildman–Crippen MR) is 152 cm³/mol. The highest BCUT2D eigenvalue weighted by atomic mass is 32.1. The van der Waals surface area contributed by atoms with Gasteiger partial charge in [0.15, 0.2) is 5.78 Å². The molecular formula is C31H33NO5S. The molecule has 3 atom stereocenters. The Kier molecular flexibility index (Phi) is 7.98. The third kappa shape index (κ3) is 5.41. The van der Waals surface area contributed by atoms with Gasteiger partial charge >= 0.3 is 0 Å². The number of ketones is 1. The molecule has 0 spiro atoms. The molecule has 0 bridgehead atoms. The highest BCUT2D eigenvalue weighted by molar-refractivity contribution is 7.22. The molecule has 0 amide bonds. The highest BCUT2D eigenvalue weighted by Gasteiger charge is 2.29. The number of piperidine rings is 1. The number of hydrogen-bond acceptors (Lipinski definition) is 7. The fourth-order valence-corrected chi connectivity index (χ4v) is 6.34. The average Bonchev–Trinajstić information content (AvgIpc) is 3.35.